The molecule has 0 aliphatic heterocycles. The van der Waals surface area contributed by atoms with Crippen molar-refractivity contribution in [2.24, 2.45) is 0 Å². The lowest BCUT2D eigenvalue weighted by Gasteiger charge is -2.07. The summed E-state index contributed by atoms with van der Waals surface area (Å²) in [5.41, 5.74) is 3.97. The Morgan fingerprint density at radius 1 is 0.760 bits per heavy atom. The molecule has 2 aromatic carbocycles. The fraction of sp³-hybridized carbons (Fsp3) is 0.158. The number of hydrogen-bond donors (Lipinski definition) is 1. The van der Waals surface area contributed by atoms with Gasteiger partial charge in [0.25, 0.3) is 10.0 Å². The summed E-state index contributed by atoms with van der Waals surface area (Å²) in [6, 6.07) is 14.6. The molecule has 0 saturated heterocycles. The van der Waals surface area contributed by atoms with Gasteiger partial charge in [0.05, 0.1) is 4.90 Å². The van der Waals surface area contributed by atoms with E-state index in [1.807, 2.05) is 38.1 Å². The fourth-order valence-electron chi connectivity index (χ4n) is 2.17. The molecule has 0 atom stereocenters. The van der Waals surface area contributed by atoms with Crippen LogP contribution in [0.3, 0.4) is 0 Å². The zero-order valence-electron chi connectivity index (χ0n) is 13.4. The molecule has 0 bridgehead atoms. The van der Waals surface area contributed by atoms with Crippen LogP contribution in [0.25, 0.3) is 11.1 Å². The molecule has 1 heterocycles. The summed E-state index contributed by atoms with van der Waals surface area (Å²) in [5, 5.41) is 0. The number of nitrogens with one attached hydrogen (secondary N) is 1. The van der Waals surface area contributed by atoms with Gasteiger partial charge in [-0.3, -0.25) is 0 Å². The third-order valence-corrected chi connectivity index (χ3v) is 4.94. The van der Waals surface area contributed by atoms with Gasteiger partial charge in [-0.05, 0) is 31.5 Å². The minimum absolute atomic E-state index is 0. The lowest BCUT2D eigenvalue weighted by atomic mass is 10.1. The number of anilines is 1. The lowest BCUT2D eigenvalue weighted by molar-refractivity contribution is 0.601. The summed E-state index contributed by atoms with van der Waals surface area (Å²) in [5.74, 6) is 0.0476. The first kappa shape index (κ1) is 18.6. The number of aromatic nitrogens is 2. The number of benzene rings is 2. The van der Waals surface area contributed by atoms with Crippen molar-refractivity contribution in [3.8, 4) is 11.1 Å². The van der Waals surface area contributed by atoms with E-state index in [-0.39, 0.29) is 18.3 Å². The summed E-state index contributed by atoms with van der Waals surface area (Å²) in [6.07, 6.45) is 3.20. The van der Waals surface area contributed by atoms with Crippen LogP contribution in [0.15, 0.2) is 65.8 Å². The standard InChI is InChI=1S/C18H17N3O2S.CH4/c1-13-3-7-15(8-4-13)16-11-19-18(20-12-16)21-24(22,23)17-9-5-14(2)6-10-17;/h3-12H,1-2H3,(H,19,20,21);1H4. The molecule has 0 unspecified atom stereocenters. The summed E-state index contributed by atoms with van der Waals surface area (Å²) < 4.78 is 27.0. The molecular formula is C19H21N3O2S. The van der Waals surface area contributed by atoms with E-state index in [0.717, 1.165) is 16.7 Å². The Labute approximate surface area is 148 Å². The topological polar surface area (TPSA) is 72.0 Å². The minimum atomic E-state index is -3.69. The minimum Gasteiger partial charge on any atom is -0.247 e. The first-order valence-electron chi connectivity index (χ1n) is 7.43. The van der Waals surface area contributed by atoms with Crippen LogP contribution in [0.4, 0.5) is 5.95 Å². The molecule has 25 heavy (non-hydrogen) atoms. The SMILES string of the molecule is C.Cc1ccc(-c2cnc(NS(=O)(=O)c3ccc(C)cc3)nc2)cc1. The molecule has 3 aromatic rings. The summed E-state index contributed by atoms with van der Waals surface area (Å²) in [7, 11) is -3.69. The van der Waals surface area contributed by atoms with Crippen molar-refractivity contribution in [2.75, 3.05) is 4.72 Å². The maximum atomic E-state index is 12.3. The number of sulfonamides is 1. The normalized spacial score (nSPS) is 10.8. The summed E-state index contributed by atoms with van der Waals surface area (Å²) in [6.45, 7) is 3.92. The monoisotopic (exact) mass is 355 g/mol. The van der Waals surface area contributed by atoms with Gasteiger partial charge in [-0.2, -0.15) is 0 Å². The third-order valence-electron chi connectivity index (χ3n) is 3.59. The van der Waals surface area contributed by atoms with E-state index in [9.17, 15) is 8.42 Å². The van der Waals surface area contributed by atoms with Crippen LogP contribution in [-0.4, -0.2) is 18.4 Å². The molecule has 0 aliphatic rings. The van der Waals surface area contributed by atoms with E-state index in [1.165, 1.54) is 5.56 Å². The van der Waals surface area contributed by atoms with Crippen molar-refractivity contribution < 1.29 is 8.42 Å². The highest BCUT2D eigenvalue weighted by Crippen LogP contribution is 2.19. The second-order valence-electron chi connectivity index (χ2n) is 5.58. The highest BCUT2D eigenvalue weighted by molar-refractivity contribution is 7.92. The number of hydrogen-bond acceptors (Lipinski definition) is 4. The van der Waals surface area contributed by atoms with Crippen LogP contribution in [0.2, 0.25) is 0 Å². The van der Waals surface area contributed by atoms with E-state index in [0.29, 0.717) is 0 Å². The quantitative estimate of drug-likeness (QED) is 0.761. The van der Waals surface area contributed by atoms with Crippen molar-refractivity contribution in [3.63, 3.8) is 0 Å². The zero-order valence-corrected chi connectivity index (χ0v) is 14.2. The molecule has 0 spiro atoms. The van der Waals surface area contributed by atoms with Gasteiger partial charge in [0.1, 0.15) is 0 Å². The second-order valence-corrected chi connectivity index (χ2v) is 7.26. The van der Waals surface area contributed by atoms with Gasteiger partial charge in [0.2, 0.25) is 5.95 Å². The average molecular weight is 355 g/mol. The highest BCUT2D eigenvalue weighted by atomic mass is 32.2. The second kappa shape index (κ2) is 7.44. The van der Waals surface area contributed by atoms with E-state index >= 15 is 0 Å². The molecule has 6 heteroatoms. The van der Waals surface area contributed by atoms with Gasteiger partial charge in [-0.25, -0.2) is 23.1 Å². The maximum absolute atomic E-state index is 12.3. The van der Waals surface area contributed by atoms with Crippen LogP contribution in [0.1, 0.15) is 18.6 Å². The molecule has 0 saturated carbocycles. The molecule has 0 radical (unpaired) electrons. The molecule has 130 valence electrons. The predicted molar refractivity (Wildman–Crippen MR) is 101 cm³/mol. The Bertz CT molecular complexity index is 933. The number of nitrogens with zero attached hydrogens (tertiary/aromatic N) is 2. The van der Waals surface area contributed by atoms with Crippen LogP contribution >= 0.6 is 0 Å². The number of rotatable bonds is 4. The van der Waals surface area contributed by atoms with Gasteiger partial charge in [-0.15, -0.1) is 0 Å². The first-order chi connectivity index (χ1) is 11.4. The van der Waals surface area contributed by atoms with Crippen molar-refractivity contribution in [1.29, 1.82) is 0 Å². The van der Waals surface area contributed by atoms with Crippen molar-refractivity contribution in [1.82, 2.24) is 9.97 Å². The van der Waals surface area contributed by atoms with Gasteiger partial charge < -0.3 is 0 Å². The molecule has 0 amide bonds. The van der Waals surface area contributed by atoms with E-state index in [4.69, 9.17) is 0 Å². The summed E-state index contributed by atoms with van der Waals surface area (Å²) in [4.78, 5) is 8.39. The van der Waals surface area contributed by atoms with E-state index < -0.39 is 10.0 Å². The Hall–Kier alpha value is -2.73. The lowest BCUT2D eigenvalue weighted by Crippen LogP contribution is -2.14. The van der Waals surface area contributed by atoms with E-state index in [1.54, 1.807) is 36.7 Å². The highest BCUT2D eigenvalue weighted by Gasteiger charge is 2.15. The Balaban J connectivity index is 0.00000225. The van der Waals surface area contributed by atoms with Gasteiger partial charge in [0, 0.05) is 18.0 Å². The fourth-order valence-corrected chi connectivity index (χ4v) is 3.13. The Kier molecular flexibility index (Phi) is 5.54. The van der Waals surface area contributed by atoms with Crippen molar-refractivity contribution in [2.45, 2.75) is 26.2 Å². The third kappa shape index (κ3) is 4.42. The molecule has 5 nitrogen and oxygen atoms in total. The Morgan fingerprint density at radius 3 is 1.76 bits per heavy atom. The number of aryl methyl sites for hydroxylation is 2. The molecule has 1 N–H and O–H groups in total. The predicted octanol–water partition coefficient (Wildman–Crippen LogP) is 4.20. The van der Waals surface area contributed by atoms with Crippen LogP contribution in [0.5, 0.6) is 0 Å². The smallest absolute Gasteiger partial charge is 0.247 e. The molecule has 0 aliphatic carbocycles. The van der Waals surface area contributed by atoms with Crippen LogP contribution in [0, 0.1) is 13.8 Å². The van der Waals surface area contributed by atoms with Gasteiger partial charge in [0.15, 0.2) is 0 Å². The van der Waals surface area contributed by atoms with Crippen LogP contribution in [-0.2, 0) is 10.0 Å². The molecule has 3 rings (SSSR count). The molecule has 1 aromatic heterocycles. The van der Waals surface area contributed by atoms with Crippen LogP contribution < -0.4 is 4.72 Å². The zero-order chi connectivity index (χ0) is 17.2. The maximum Gasteiger partial charge on any atom is 0.264 e. The molecule has 0 fully saturated rings. The first-order valence-corrected chi connectivity index (χ1v) is 8.91. The van der Waals surface area contributed by atoms with Crippen molar-refractivity contribution >= 4 is 16.0 Å². The largest absolute Gasteiger partial charge is 0.264 e. The van der Waals surface area contributed by atoms with Gasteiger partial charge >= 0.3 is 0 Å². The Morgan fingerprint density at radius 2 is 1.24 bits per heavy atom. The van der Waals surface area contributed by atoms with Crippen molar-refractivity contribution in [3.05, 3.63) is 72.1 Å². The summed E-state index contributed by atoms with van der Waals surface area (Å²) >= 11 is 0. The van der Waals surface area contributed by atoms with E-state index in [2.05, 4.69) is 14.7 Å². The average Bonchev–Trinajstić information content (AvgIpc) is 2.56. The van der Waals surface area contributed by atoms with Gasteiger partial charge in [-0.1, -0.05) is 55.0 Å². The molecular weight excluding hydrogens is 334 g/mol.